The van der Waals surface area contributed by atoms with E-state index in [1.165, 1.54) is 0 Å². The van der Waals surface area contributed by atoms with Gasteiger partial charge in [-0.05, 0) is 6.07 Å². The molecule has 0 aliphatic rings. The summed E-state index contributed by atoms with van der Waals surface area (Å²) in [5, 5.41) is 35.6. The molecule has 0 atom stereocenters. The third-order valence-corrected chi connectivity index (χ3v) is 2.36. The SMILES string of the molecule is O=Cc1cc(C(=O)O)c(C(=O)O)c(C(=O)O)c1C(=O)O. The van der Waals surface area contributed by atoms with E-state index >= 15 is 0 Å². The van der Waals surface area contributed by atoms with E-state index in [0.717, 1.165) is 0 Å². The first-order chi connectivity index (χ1) is 9.22. The molecule has 0 unspecified atom stereocenters. The Kier molecular flexibility index (Phi) is 3.84. The molecule has 20 heavy (non-hydrogen) atoms. The number of aromatic carboxylic acids is 4. The first-order valence-corrected chi connectivity index (χ1v) is 4.81. The van der Waals surface area contributed by atoms with Crippen molar-refractivity contribution in [2.45, 2.75) is 0 Å². The van der Waals surface area contributed by atoms with E-state index in [-0.39, 0.29) is 6.29 Å². The molecule has 0 fully saturated rings. The quantitative estimate of drug-likeness (QED) is 0.555. The maximum atomic E-state index is 11.1. The Morgan fingerprint density at radius 3 is 1.50 bits per heavy atom. The lowest BCUT2D eigenvalue weighted by molar-refractivity contribution is 0.0618. The number of carboxylic acid groups (broad SMARTS) is 4. The molecule has 0 saturated carbocycles. The van der Waals surface area contributed by atoms with Gasteiger partial charge in [-0.3, -0.25) is 4.79 Å². The molecule has 0 aromatic heterocycles. The van der Waals surface area contributed by atoms with Gasteiger partial charge in [0.25, 0.3) is 0 Å². The highest BCUT2D eigenvalue weighted by Gasteiger charge is 2.32. The molecular weight excluding hydrogens is 276 g/mol. The molecule has 0 spiro atoms. The number of carboxylic acids is 4. The minimum atomic E-state index is -1.97. The molecular formula is C11H6O9. The fourth-order valence-electron chi connectivity index (χ4n) is 1.63. The van der Waals surface area contributed by atoms with Crippen molar-refractivity contribution in [2.24, 2.45) is 0 Å². The van der Waals surface area contributed by atoms with Crippen molar-refractivity contribution in [3.05, 3.63) is 33.9 Å². The van der Waals surface area contributed by atoms with Crippen LogP contribution in [0.5, 0.6) is 0 Å². The summed E-state index contributed by atoms with van der Waals surface area (Å²) >= 11 is 0. The van der Waals surface area contributed by atoms with Crippen LogP contribution < -0.4 is 0 Å². The number of rotatable bonds is 5. The average molecular weight is 282 g/mol. The van der Waals surface area contributed by atoms with Gasteiger partial charge in [0, 0.05) is 5.56 Å². The van der Waals surface area contributed by atoms with Crippen LogP contribution in [0.4, 0.5) is 0 Å². The lowest BCUT2D eigenvalue weighted by atomic mass is 9.91. The van der Waals surface area contributed by atoms with Crippen LogP contribution in [-0.4, -0.2) is 50.6 Å². The van der Waals surface area contributed by atoms with Gasteiger partial charge < -0.3 is 20.4 Å². The second-order valence-corrected chi connectivity index (χ2v) is 3.48. The molecule has 4 N–H and O–H groups in total. The molecule has 0 bridgehead atoms. The van der Waals surface area contributed by atoms with Gasteiger partial charge in [0.1, 0.15) is 0 Å². The van der Waals surface area contributed by atoms with Crippen molar-refractivity contribution in [2.75, 3.05) is 0 Å². The van der Waals surface area contributed by atoms with Crippen molar-refractivity contribution in [3.8, 4) is 0 Å². The number of benzene rings is 1. The van der Waals surface area contributed by atoms with Crippen LogP contribution in [0.15, 0.2) is 6.07 Å². The number of aldehydes is 1. The molecule has 0 amide bonds. The van der Waals surface area contributed by atoms with E-state index in [9.17, 15) is 24.0 Å². The highest BCUT2D eigenvalue weighted by atomic mass is 16.4. The summed E-state index contributed by atoms with van der Waals surface area (Å²) in [7, 11) is 0. The van der Waals surface area contributed by atoms with Gasteiger partial charge in [-0.15, -0.1) is 0 Å². The van der Waals surface area contributed by atoms with E-state index in [0.29, 0.717) is 6.07 Å². The zero-order valence-electron chi connectivity index (χ0n) is 9.48. The summed E-state index contributed by atoms with van der Waals surface area (Å²) in [6, 6.07) is 0.509. The molecule has 0 heterocycles. The van der Waals surface area contributed by atoms with Crippen molar-refractivity contribution in [3.63, 3.8) is 0 Å². The molecule has 9 heteroatoms. The first kappa shape index (κ1) is 14.8. The Morgan fingerprint density at radius 1 is 0.750 bits per heavy atom. The molecule has 0 aliphatic carbocycles. The number of carbonyl (C=O) groups excluding carboxylic acids is 1. The van der Waals surface area contributed by atoms with Gasteiger partial charge in [-0.25, -0.2) is 19.2 Å². The summed E-state index contributed by atoms with van der Waals surface area (Å²) < 4.78 is 0. The number of carbonyl (C=O) groups is 5. The van der Waals surface area contributed by atoms with Crippen LogP contribution in [0.25, 0.3) is 0 Å². The van der Waals surface area contributed by atoms with Gasteiger partial charge in [-0.2, -0.15) is 0 Å². The molecule has 0 aliphatic heterocycles. The highest BCUT2D eigenvalue weighted by Crippen LogP contribution is 2.24. The third-order valence-electron chi connectivity index (χ3n) is 2.36. The second kappa shape index (κ2) is 5.18. The topological polar surface area (TPSA) is 166 Å². The minimum absolute atomic E-state index is 0.0615. The predicted molar refractivity (Wildman–Crippen MR) is 59.7 cm³/mol. The van der Waals surface area contributed by atoms with Crippen LogP contribution >= 0.6 is 0 Å². The van der Waals surface area contributed by atoms with Crippen LogP contribution in [0.2, 0.25) is 0 Å². The van der Waals surface area contributed by atoms with Gasteiger partial charge in [0.05, 0.1) is 22.3 Å². The molecule has 9 nitrogen and oxygen atoms in total. The standard InChI is InChI=1S/C11H6O9/c12-2-3-1-4(8(13)14)6(10(17)18)7(11(19)20)5(3)9(15)16/h1-2H,(H,13,14)(H,15,16)(H,17,18)(H,19,20). The summed E-state index contributed by atoms with van der Waals surface area (Å²) in [5.41, 5.74) is -5.26. The van der Waals surface area contributed by atoms with Crippen LogP contribution in [-0.2, 0) is 0 Å². The lowest BCUT2D eigenvalue weighted by Crippen LogP contribution is -2.21. The monoisotopic (exact) mass is 282 g/mol. The summed E-state index contributed by atoms with van der Waals surface area (Å²) in [5.74, 6) is -7.56. The van der Waals surface area contributed by atoms with E-state index < -0.39 is 51.7 Å². The Bertz CT molecular complexity index is 656. The smallest absolute Gasteiger partial charge is 0.337 e. The van der Waals surface area contributed by atoms with Crippen molar-refractivity contribution >= 4 is 30.2 Å². The largest absolute Gasteiger partial charge is 0.478 e. The Hall–Kier alpha value is -3.23. The predicted octanol–water partition coefficient (Wildman–Crippen LogP) is 0.292. The van der Waals surface area contributed by atoms with Crippen molar-refractivity contribution < 1.29 is 44.4 Å². The van der Waals surface area contributed by atoms with Crippen LogP contribution in [0, 0.1) is 0 Å². The Morgan fingerprint density at radius 2 is 1.20 bits per heavy atom. The Labute approximate surface area is 109 Å². The van der Waals surface area contributed by atoms with E-state index in [1.807, 2.05) is 0 Å². The van der Waals surface area contributed by atoms with E-state index in [4.69, 9.17) is 20.4 Å². The molecule has 1 aromatic carbocycles. The zero-order valence-corrected chi connectivity index (χ0v) is 9.48. The summed E-state index contributed by atoms with van der Waals surface area (Å²) in [4.78, 5) is 54.8. The summed E-state index contributed by atoms with van der Waals surface area (Å²) in [6.07, 6.45) is -0.0615. The Balaban J connectivity index is 4.07. The molecule has 104 valence electrons. The molecule has 1 aromatic rings. The van der Waals surface area contributed by atoms with E-state index in [1.54, 1.807) is 0 Å². The van der Waals surface area contributed by atoms with Gasteiger partial charge >= 0.3 is 23.9 Å². The lowest BCUT2D eigenvalue weighted by Gasteiger charge is -2.11. The molecule has 0 saturated heterocycles. The average Bonchev–Trinajstić information content (AvgIpc) is 2.35. The highest BCUT2D eigenvalue weighted by molar-refractivity contribution is 6.16. The number of hydrogen-bond acceptors (Lipinski definition) is 5. The fraction of sp³-hybridized carbons (Fsp3) is 0. The molecule has 1 rings (SSSR count). The molecule has 0 radical (unpaired) electrons. The zero-order chi connectivity index (χ0) is 15.6. The first-order valence-electron chi connectivity index (χ1n) is 4.81. The normalized spacial score (nSPS) is 9.80. The second-order valence-electron chi connectivity index (χ2n) is 3.48. The van der Waals surface area contributed by atoms with Crippen LogP contribution in [0.1, 0.15) is 51.8 Å². The van der Waals surface area contributed by atoms with Crippen molar-refractivity contribution in [1.82, 2.24) is 0 Å². The van der Waals surface area contributed by atoms with E-state index in [2.05, 4.69) is 0 Å². The number of hydrogen-bond donors (Lipinski definition) is 4. The minimum Gasteiger partial charge on any atom is -0.478 e. The third kappa shape index (κ3) is 2.32. The van der Waals surface area contributed by atoms with Crippen molar-refractivity contribution in [1.29, 1.82) is 0 Å². The fourth-order valence-corrected chi connectivity index (χ4v) is 1.63. The van der Waals surface area contributed by atoms with Gasteiger partial charge in [0.15, 0.2) is 6.29 Å². The van der Waals surface area contributed by atoms with Crippen LogP contribution in [0.3, 0.4) is 0 Å². The maximum absolute atomic E-state index is 11.1. The maximum Gasteiger partial charge on any atom is 0.337 e. The van der Waals surface area contributed by atoms with Gasteiger partial charge in [0.2, 0.25) is 0 Å². The van der Waals surface area contributed by atoms with Gasteiger partial charge in [-0.1, -0.05) is 0 Å². The summed E-state index contributed by atoms with van der Waals surface area (Å²) in [6.45, 7) is 0.